The number of hydrogen-bond donors (Lipinski definition) is 1. The van der Waals surface area contributed by atoms with Crippen LogP contribution in [-0.2, 0) is 0 Å². The lowest BCUT2D eigenvalue weighted by Gasteiger charge is -2.18. The summed E-state index contributed by atoms with van der Waals surface area (Å²) in [7, 11) is 4.10. The number of anilines is 1. The Balaban J connectivity index is 2.41. The van der Waals surface area contributed by atoms with Crippen molar-refractivity contribution in [2.45, 2.75) is 13.0 Å². The molecule has 0 radical (unpaired) electrons. The summed E-state index contributed by atoms with van der Waals surface area (Å²) in [5.41, 5.74) is 0. The Morgan fingerprint density at radius 2 is 2.31 bits per heavy atom. The monoisotopic (exact) mass is 180 g/mol. The maximum absolute atomic E-state index is 3.95. The molecule has 0 bridgehead atoms. The van der Waals surface area contributed by atoms with Gasteiger partial charge in [0.2, 0.25) is 0 Å². The lowest BCUT2D eigenvalue weighted by atomic mass is 10.3. The van der Waals surface area contributed by atoms with Gasteiger partial charge in [-0.3, -0.25) is 0 Å². The Morgan fingerprint density at radius 3 is 2.85 bits per heavy atom. The number of aromatic nitrogens is 2. The van der Waals surface area contributed by atoms with Gasteiger partial charge in [-0.05, 0) is 33.2 Å². The van der Waals surface area contributed by atoms with Gasteiger partial charge in [0.15, 0.2) is 0 Å². The van der Waals surface area contributed by atoms with Gasteiger partial charge >= 0.3 is 0 Å². The van der Waals surface area contributed by atoms with E-state index < -0.39 is 0 Å². The highest BCUT2D eigenvalue weighted by molar-refractivity contribution is 5.32. The summed E-state index contributed by atoms with van der Waals surface area (Å²) in [6.45, 7) is 3.10. The Labute approximate surface area is 79.0 Å². The first kappa shape index (κ1) is 9.92. The summed E-state index contributed by atoms with van der Waals surface area (Å²) in [4.78, 5) is 2.13. The van der Waals surface area contributed by atoms with Crippen LogP contribution >= 0.6 is 0 Å². The zero-order valence-corrected chi connectivity index (χ0v) is 8.36. The van der Waals surface area contributed by atoms with Crippen molar-refractivity contribution in [3.63, 3.8) is 0 Å². The van der Waals surface area contributed by atoms with E-state index in [1.807, 2.05) is 12.1 Å². The fourth-order valence-electron chi connectivity index (χ4n) is 1.22. The van der Waals surface area contributed by atoms with E-state index in [9.17, 15) is 0 Å². The van der Waals surface area contributed by atoms with Crippen LogP contribution in [0.5, 0.6) is 0 Å². The third-order valence-electron chi connectivity index (χ3n) is 1.61. The van der Waals surface area contributed by atoms with Crippen LogP contribution in [0.1, 0.15) is 6.92 Å². The van der Waals surface area contributed by atoms with Gasteiger partial charge in [-0.1, -0.05) is 0 Å². The SMILES string of the molecule is CC(CN(C)C)Nc1cccnn1. The van der Waals surface area contributed by atoms with E-state index >= 15 is 0 Å². The highest BCUT2D eigenvalue weighted by Crippen LogP contribution is 2.00. The van der Waals surface area contributed by atoms with Crippen LogP contribution in [0.15, 0.2) is 18.3 Å². The van der Waals surface area contributed by atoms with E-state index in [0.29, 0.717) is 6.04 Å². The van der Waals surface area contributed by atoms with Gasteiger partial charge < -0.3 is 10.2 Å². The molecule has 1 N–H and O–H groups in total. The molecule has 1 unspecified atom stereocenters. The van der Waals surface area contributed by atoms with Crippen molar-refractivity contribution >= 4 is 5.82 Å². The zero-order chi connectivity index (χ0) is 9.68. The van der Waals surface area contributed by atoms with E-state index in [2.05, 4.69) is 41.4 Å². The first-order chi connectivity index (χ1) is 6.18. The molecule has 0 aromatic carbocycles. The van der Waals surface area contributed by atoms with Crippen molar-refractivity contribution in [2.24, 2.45) is 0 Å². The fraction of sp³-hybridized carbons (Fsp3) is 0.556. The summed E-state index contributed by atoms with van der Waals surface area (Å²) in [5.74, 6) is 0.830. The average molecular weight is 180 g/mol. The van der Waals surface area contributed by atoms with Crippen LogP contribution < -0.4 is 5.32 Å². The molecule has 1 atom stereocenters. The van der Waals surface area contributed by atoms with Crippen molar-refractivity contribution < 1.29 is 0 Å². The molecule has 0 aliphatic rings. The van der Waals surface area contributed by atoms with Gasteiger partial charge in [0, 0.05) is 18.8 Å². The lowest BCUT2D eigenvalue weighted by Crippen LogP contribution is -2.29. The van der Waals surface area contributed by atoms with E-state index in [1.54, 1.807) is 6.20 Å². The predicted molar refractivity (Wildman–Crippen MR) is 53.7 cm³/mol. The van der Waals surface area contributed by atoms with Crippen molar-refractivity contribution in [2.75, 3.05) is 26.0 Å². The Bertz CT molecular complexity index is 235. The summed E-state index contributed by atoms with van der Waals surface area (Å²) < 4.78 is 0. The molecule has 0 aliphatic carbocycles. The van der Waals surface area contributed by atoms with Crippen LogP contribution in [0.4, 0.5) is 5.82 Å². The van der Waals surface area contributed by atoms with Gasteiger partial charge in [0.25, 0.3) is 0 Å². The molecule has 4 heteroatoms. The smallest absolute Gasteiger partial charge is 0.148 e. The lowest BCUT2D eigenvalue weighted by molar-refractivity contribution is 0.392. The number of nitrogens with one attached hydrogen (secondary N) is 1. The average Bonchev–Trinajstić information content (AvgIpc) is 2.04. The first-order valence-electron chi connectivity index (χ1n) is 4.37. The van der Waals surface area contributed by atoms with E-state index in [4.69, 9.17) is 0 Å². The standard InChI is InChI=1S/C9H16N4/c1-8(7-13(2)3)11-9-5-4-6-10-12-9/h4-6,8H,7H2,1-3H3,(H,11,12). The molecule has 72 valence electrons. The Hall–Kier alpha value is -1.16. The Morgan fingerprint density at radius 1 is 1.54 bits per heavy atom. The largest absolute Gasteiger partial charge is 0.365 e. The molecular formula is C9H16N4. The summed E-state index contributed by atoms with van der Waals surface area (Å²) in [5, 5.41) is 11.0. The number of rotatable bonds is 4. The quantitative estimate of drug-likeness (QED) is 0.745. The number of nitrogens with zero attached hydrogens (tertiary/aromatic N) is 3. The normalized spacial score (nSPS) is 12.9. The third kappa shape index (κ3) is 3.85. The first-order valence-corrected chi connectivity index (χ1v) is 4.37. The van der Waals surface area contributed by atoms with E-state index in [-0.39, 0.29) is 0 Å². The van der Waals surface area contributed by atoms with Gasteiger partial charge in [-0.15, -0.1) is 5.10 Å². The minimum absolute atomic E-state index is 0.381. The van der Waals surface area contributed by atoms with Crippen LogP contribution in [-0.4, -0.2) is 41.8 Å². The predicted octanol–water partition coefficient (Wildman–Crippen LogP) is 0.839. The molecular weight excluding hydrogens is 164 g/mol. The van der Waals surface area contributed by atoms with E-state index in [1.165, 1.54) is 0 Å². The van der Waals surface area contributed by atoms with Gasteiger partial charge in [0.05, 0.1) is 0 Å². The summed E-state index contributed by atoms with van der Waals surface area (Å²) >= 11 is 0. The molecule has 1 heterocycles. The third-order valence-corrected chi connectivity index (χ3v) is 1.61. The molecule has 0 spiro atoms. The molecule has 0 saturated carbocycles. The minimum Gasteiger partial charge on any atom is -0.365 e. The maximum Gasteiger partial charge on any atom is 0.148 e. The molecule has 0 amide bonds. The van der Waals surface area contributed by atoms with Crippen molar-refractivity contribution in [1.82, 2.24) is 15.1 Å². The van der Waals surface area contributed by atoms with Crippen molar-refractivity contribution in [3.05, 3.63) is 18.3 Å². The zero-order valence-electron chi connectivity index (χ0n) is 8.36. The molecule has 0 aliphatic heterocycles. The summed E-state index contributed by atoms with van der Waals surface area (Å²) in [6, 6.07) is 4.17. The van der Waals surface area contributed by atoms with Crippen LogP contribution in [0.3, 0.4) is 0 Å². The van der Waals surface area contributed by atoms with Crippen molar-refractivity contribution in [1.29, 1.82) is 0 Å². The van der Waals surface area contributed by atoms with Gasteiger partial charge in [-0.25, -0.2) is 0 Å². The molecule has 4 nitrogen and oxygen atoms in total. The van der Waals surface area contributed by atoms with Gasteiger partial charge in [-0.2, -0.15) is 5.10 Å². The van der Waals surface area contributed by atoms with Crippen LogP contribution in [0.25, 0.3) is 0 Å². The molecule has 0 fully saturated rings. The van der Waals surface area contributed by atoms with Crippen LogP contribution in [0.2, 0.25) is 0 Å². The number of hydrogen-bond acceptors (Lipinski definition) is 4. The van der Waals surface area contributed by atoms with Gasteiger partial charge in [0.1, 0.15) is 5.82 Å². The minimum atomic E-state index is 0.381. The topological polar surface area (TPSA) is 41.0 Å². The molecule has 1 aromatic heterocycles. The Kier molecular flexibility index (Phi) is 3.64. The molecule has 0 saturated heterocycles. The highest BCUT2D eigenvalue weighted by Gasteiger charge is 2.03. The molecule has 1 rings (SSSR count). The second-order valence-corrected chi connectivity index (χ2v) is 3.42. The molecule has 13 heavy (non-hydrogen) atoms. The summed E-state index contributed by atoms with van der Waals surface area (Å²) in [6.07, 6.45) is 1.67. The second-order valence-electron chi connectivity index (χ2n) is 3.42. The highest BCUT2D eigenvalue weighted by atomic mass is 15.2. The maximum atomic E-state index is 3.95. The fourth-order valence-corrected chi connectivity index (χ4v) is 1.22. The van der Waals surface area contributed by atoms with Crippen LogP contribution in [0, 0.1) is 0 Å². The second kappa shape index (κ2) is 4.77. The number of likely N-dealkylation sites (N-methyl/N-ethyl adjacent to an activating group) is 1. The van der Waals surface area contributed by atoms with Crippen molar-refractivity contribution in [3.8, 4) is 0 Å². The van der Waals surface area contributed by atoms with E-state index in [0.717, 1.165) is 12.4 Å². The molecule has 1 aromatic rings.